The number of benzene rings is 1. The molecule has 0 aliphatic heterocycles. The van der Waals surface area contributed by atoms with Gasteiger partial charge in [-0.3, -0.25) is 0 Å². The molecule has 5 heteroatoms. The maximum Gasteiger partial charge on any atom is 0.329 e. The number of aryl methyl sites for hydroxylation is 2. The van der Waals surface area contributed by atoms with Crippen molar-refractivity contribution in [3.8, 4) is 23.3 Å². The van der Waals surface area contributed by atoms with Crippen LogP contribution in [0, 0.1) is 18.8 Å². The largest absolute Gasteiger partial charge is 0.467 e. The van der Waals surface area contributed by atoms with Gasteiger partial charge >= 0.3 is 5.97 Å². The van der Waals surface area contributed by atoms with E-state index in [2.05, 4.69) is 16.8 Å². The van der Waals surface area contributed by atoms with Gasteiger partial charge in [0.1, 0.15) is 11.8 Å². The first-order chi connectivity index (χ1) is 13.7. The lowest BCUT2D eigenvalue weighted by Crippen LogP contribution is -2.19. The van der Waals surface area contributed by atoms with Gasteiger partial charge in [-0.1, -0.05) is 18.2 Å². The first-order valence-electron chi connectivity index (χ1n) is 9.36. The van der Waals surface area contributed by atoms with Crippen LogP contribution in [-0.2, 0) is 16.0 Å². The maximum atomic E-state index is 11.9. The van der Waals surface area contributed by atoms with E-state index in [0.717, 1.165) is 36.3 Å². The van der Waals surface area contributed by atoms with Gasteiger partial charge in [0, 0.05) is 30.8 Å². The Bertz CT molecular complexity index is 947. The number of hydrogen-bond donors (Lipinski definition) is 0. The molecule has 0 radical (unpaired) electrons. The van der Waals surface area contributed by atoms with Gasteiger partial charge < -0.3 is 13.7 Å². The van der Waals surface area contributed by atoms with Gasteiger partial charge in [0.15, 0.2) is 0 Å². The van der Waals surface area contributed by atoms with Crippen LogP contribution in [0.25, 0.3) is 11.5 Å². The third kappa shape index (κ3) is 4.92. The van der Waals surface area contributed by atoms with E-state index in [-0.39, 0.29) is 5.97 Å². The van der Waals surface area contributed by atoms with Crippen LogP contribution in [0.15, 0.2) is 59.3 Å². The van der Waals surface area contributed by atoms with Crippen molar-refractivity contribution in [2.75, 3.05) is 7.11 Å². The molecule has 144 valence electrons. The molecule has 0 N–H and O–H groups in total. The van der Waals surface area contributed by atoms with Gasteiger partial charge in [-0.05, 0) is 44.0 Å². The Morgan fingerprint density at radius 1 is 1.18 bits per heavy atom. The van der Waals surface area contributed by atoms with Crippen molar-refractivity contribution in [1.82, 2.24) is 9.55 Å². The molecule has 2 aromatic heterocycles. The molecule has 1 atom stereocenters. The summed E-state index contributed by atoms with van der Waals surface area (Å²) in [5.74, 6) is 7.49. The van der Waals surface area contributed by atoms with Crippen molar-refractivity contribution >= 4 is 5.97 Å². The zero-order valence-corrected chi connectivity index (χ0v) is 16.2. The zero-order chi connectivity index (χ0) is 19.8. The third-order valence-electron chi connectivity index (χ3n) is 4.51. The van der Waals surface area contributed by atoms with Gasteiger partial charge in [-0.25, -0.2) is 9.78 Å². The average molecular weight is 376 g/mol. The predicted molar refractivity (Wildman–Crippen MR) is 107 cm³/mol. The Balaban J connectivity index is 1.51. The Labute approximate surface area is 165 Å². The molecule has 0 aliphatic rings. The molecule has 5 nitrogen and oxygen atoms in total. The summed E-state index contributed by atoms with van der Waals surface area (Å²) in [7, 11) is 1.40. The highest BCUT2D eigenvalue weighted by atomic mass is 16.5. The van der Waals surface area contributed by atoms with E-state index < -0.39 is 6.04 Å². The Morgan fingerprint density at radius 3 is 2.64 bits per heavy atom. The number of aromatic nitrogens is 2. The fourth-order valence-electron chi connectivity index (χ4n) is 2.97. The minimum atomic E-state index is -0.404. The topological polar surface area (TPSA) is 57.3 Å². The van der Waals surface area contributed by atoms with Gasteiger partial charge in [-0.15, -0.1) is 11.8 Å². The average Bonchev–Trinajstić information content (AvgIpc) is 3.38. The van der Waals surface area contributed by atoms with Crippen LogP contribution in [0.5, 0.6) is 0 Å². The molecule has 28 heavy (non-hydrogen) atoms. The summed E-state index contributed by atoms with van der Waals surface area (Å²) in [5.41, 5.74) is 1.95. The summed E-state index contributed by atoms with van der Waals surface area (Å²) in [6.07, 6.45) is 6.58. The van der Waals surface area contributed by atoms with Gasteiger partial charge in [-0.2, -0.15) is 0 Å². The summed E-state index contributed by atoms with van der Waals surface area (Å²) in [6.45, 7) is 1.94. The van der Waals surface area contributed by atoms with Crippen LogP contribution < -0.4 is 0 Å². The lowest BCUT2D eigenvalue weighted by Gasteiger charge is -2.13. The quantitative estimate of drug-likeness (QED) is 0.344. The number of hydrogen-bond acceptors (Lipinski definition) is 4. The Kier molecular flexibility index (Phi) is 6.69. The number of nitrogens with zero attached hydrogens (tertiary/aromatic N) is 2. The van der Waals surface area contributed by atoms with E-state index >= 15 is 0 Å². The van der Waals surface area contributed by atoms with E-state index in [1.54, 1.807) is 0 Å². The fraction of sp³-hybridized carbons (Fsp3) is 0.304. The van der Waals surface area contributed by atoms with Gasteiger partial charge in [0.2, 0.25) is 5.89 Å². The number of ether oxygens (including phenoxy) is 1. The second kappa shape index (κ2) is 9.61. The van der Waals surface area contributed by atoms with Gasteiger partial charge in [0.05, 0.1) is 12.8 Å². The molecular weight excluding hydrogens is 352 g/mol. The molecule has 0 saturated carbocycles. The molecule has 1 aromatic carbocycles. The highest BCUT2D eigenvalue weighted by molar-refractivity contribution is 5.74. The lowest BCUT2D eigenvalue weighted by atomic mass is 10.1. The van der Waals surface area contributed by atoms with E-state index in [1.165, 1.54) is 7.11 Å². The minimum Gasteiger partial charge on any atom is -0.467 e. The van der Waals surface area contributed by atoms with E-state index in [1.807, 2.05) is 66.3 Å². The van der Waals surface area contributed by atoms with E-state index in [0.29, 0.717) is 12.3 Å². The standard InChI is InChI=1S/C23H24N2O3/c1-18-20(24-22(28-18)19-12-6-5-7-13-19)14-8-3-4-9-15-21(23(26)27-2)25-16-10-11-17-25/h5-7,10-13,16-17,21H,3,8,14-15H2,1-2H3. The molecule has 3 rings (SSSR count). The lowest BCUT2D eigenvalue weighted by molar-refractivity contribution is -0.144. The molecule has 0 saturated heterocycles. The van der Waals surface area contributed by atoms with Crippen molar-refractivity contribution in [3.05, 3.63) is 66.3 Å². The first-order valence-corrected chi connectivity index (χ1v) is 9.36. The van der Waals surface area contributed by atoms with Crippen LogP contribution in [-0.4, -0.2) is 22.6 Å². The summed E-state index contributed by atoms with van der Waals surface area (Å²) in [5, 5.41) is 0. The molecule has 0 fully saturated rings. The maximum absolute atomic E-state index is 11.9. The number of methoxy groups -OCH3 is 1. The van der Waals surface area contributed by atoms with Crippen molar-refractivity contribution < 1.29 is 13.9 Å². The van der Waals surface area contributed by atoms with Gasteiger partial charge in [0.25, 0.3) is 0 Å². The number of oxazole rings is 1. The van der Waals surface area contributed by atoms with Crippen LogP contribution in [0.4, 0.5) is 0 Å². The molecule has 0 aliphatic carbocycles. The fourth-order valence-corrected chi connectivity index (χ4v) is 2.97. The molecule has 3 aromatic rings. The van der Waals surface area contributed by atoms with Crippen molar-refractivity contribution in [2.24, 2.45) is 0 Å². The Hall–Kier alpha value is -3.26. The second-order valence-corrected chi connectivity index (χ2v) is 6.47. The van der Waals surface area contributed by atoms with Crippen molar-refractivity contribution in [1.29, 1.82) is 0 Å². The molecule has 2 heterocycles. The first kappa shape index (κ1) is 19.5. The minimum absolute atomic E-state index is 0.280. The second-order valence-electron chi connectivity index (χ2n) is 6.47. The van der Waals surface area contributed by atoms with E-state index in [9.17, 15) is 4.79 Å². The zero-order valence-electron chi connectivity index (χ0n) is 16.2. The third-order valence-corrected chi connectivity index (χ3v) is 4.51. The number of carbonyl (C=O) groups is 1. The van der Waals surface area contributed by atoms with Crippen LogP contribution >= 0.6 is 0 Å². The summed E-state index contributed by atoms with van der Waals surface area (Å²) < 4.78 is 12.5. The van der Waals surface area contributed by atoms with Crippen LogP contribution in [0.1, 0.15) is 36.8 Å². The summed E-state index contributed by atoms with van der Waals surface area (Å²) >= 11 is 0. The van der Waals surface area contributed by atoms with Crippen LogP contribution in [0.3, 0.4) is 0 Å². The highest BCUT2D eigenvalue weighted by Crippen LogP contribution is 2.22. The van der Waals surface area contributed by atoms with Crippen molar-refractivity contribution in [2.45, 2.75) is 38.6 Å². The number of carbonyl (C=O) groups excluding carboxylic acids is 1. The number of esters is 1. The van der Waals surface area contributed by atoms with Crippen molar-refractivity contribution in [3.63, 3.8) is 0 Å². The summed E-state index contributed by atoms with van der Waals surface area (Å²) in [4.78, 5) is 16.6. The Morgan fingerprint density at radius 2 is 1.93 bits per heavy atom. The molecule has 1 unspecified atom stereocenters. The van der Waals surface area contributed by atoms with Crippen LogP contribution in [0.2, 0.25) is 0 Å². The van der Waals surface area contributed by atoms with E-state index in [4.69, 9.17) is 9.15 Å². The molecular formula is C23H24N2O3. The molecule has 0 bridgehead atoms. The molecule has 0 amide bonds. The molecule has 0 spiro atoms. The normalized spacial score (nSPS) is 11.5. The summed E-state index contributed by atoms with van der Waals surface area (Å²) in [6, 6.07) is 13.3. The number of unbranched alkanes of at least 4 members (excludes halogenated alkanes) is 1. The number of rotatable bonds is 7. The smallest absolute Gasteiger partial charge is 0.329 e. The predicted octanol–water partition coefficient (Wildman–Crippen LogP) is 4.58. The SMILES string of the molecule is COC(=O)C(CC#CCCCc1nc(-c2ccccc2)oc1C)n1cccc1. The monoisotopic (exact) mass is 376 g/mol. The highest BCUT2D eigenvalue weighted by Gasteiger charge is 2.18.